The highest BCUT2D eigenvalue weighted by Crippen LogP contribution is 2.22. The van der Waals surface area contributed by atoms with Gasteiger partial charge in [-0.25, -0.2) is 4.79 Å². The fraction of sp³-hybridized carbons (Fsp3) is 0.278. The van der Waals surface area contributed by atoms with Gasteiger partial charge >= 0.3 is 6.16 Å². The maximum atomic E-state index is 11.7. The number of carbonyl (C=O) groups is 1. The summed E-state index contributed by atoms with van der Waals surface area (Å²) in [5.41, 5.74) is 2.03. The van der Waals surface area contributed by atoms with E-state index in [2.05, 4.69) is 20.8 Å². The Morgan fingerprint density at radius 2 is 1.62 bits per heavy atom. The van der Waals surface area contributed by atoms with Crippen LogP contribution in [0.1, 0.15) is 31.9 Å². The number of carbonyl (C=O) groups excluding carboxylic acids is 1. The Hall–Kier alpha value is -2.89. The molecule has 0 aromatic heterocycles. The molecule has 6 heteroatoms. The second-order valence-corrected chi connectivity index (χ2v) is 6.34. The third-order valence-electron chi connectivity index (χ3n) is 3.43. The Kier molecular flexibility index (Phi) is 5.18. The summed E-state index contributed by atoms with van der Waals surface area (Å²) in [5.74, 6) is 0.189. The number of ether oxygens (including phenoxy) is 2. The summed E-state index contributed by atoms with van der Waals surface area (Å²) < 4.78 is 10.0. The summed E-state index contributed by atoms with van der Waals surface area (Å²) in [7, 11) is 0. The van der Waals surface area contributed by atoms with Gasteiger partial charge in [0.15, 0.2) is 0 Å². The molecule has 2 aromatic carbocycles. The molecule has 0 saturated carbocycles. The Balaban J connectivity index is 1.87. The van der Waals surface area contributed by atoms with Crippen molar-refractivity contribution in [3.8, 4) is 5.75 Å². The summed E-state index contributed by atoms with van der Waals surface area (Å²) >= 11 is 0. The second kappa shape index (κ2) is 7.12. The molecule has 6 nitrogen and oxygen atoms in total. The van der Waals surface area contributed by atoms with E-state index in [1.54, 1.807) is 0 Å². The predicted octanol–water partition coefficient (Wildman–Crippen LogP) is 4.61. The molecule has 0 amide bonds. The smallest absolute Gasteiger partial charge is 0.429 e. The summed E-state index contributed by atoms with van der Waals surface area (Å²) in [6.07, 6.45) is -0.858. The van der Waals surface area contributed by atoms with Crippen molar-refractivity contribution in [2.24, 2.45) is 0 Å². The molecule has 0 aliphatic rings. The van der Waals surface area contributed by atoms with Crippen molar-refractivity contribution in [2.45, 2.75) is 32.8 Å². The Morgan fingerprint density at radius 1 is 1.04 bits per heavy atom. The largest absolute Gasteiger partial charge is 0.514 e. The van der Waals surface area contributed by atoms with Gasteiger partial charge < -0.3 is 9.47 Å². The van der Waals surface area contributed by atoms with Crippen LogP contribution < -0.4 is 4.74 Å². The lowest BCUT2D eigenvalue weighted by Crippen LogP contribution is -2.12. The van der Waals surface area contributed by atoms with Gasteiger partial charge in [0.1, 0.15) is 12.4 Å². The lowest BCUT2D eigenvalue weighted by Gasteiger charge is -2.19. The third kappa shape index (κ3) is 4.81. The summed E-state index contributed by atoms with van der Waals surface area (Å²) in [5, 5.41) is 10.6. The van der Waals surface area contributed by atoms with Crippen LogP contribution in [-0.2, 0) is 16.8 Å². The predicted molar refractivity (Wildman–Crippen MR) is 89.1 cm³/mol. The zero-order chi connectivity index (χ0) is 17.7. The Morgan fingerprint density at radius 3 is 2.12 bits per heavy atom. The third-order valence-corrected chi connectivity index (χ3v) is 3.43. The van der Waals surface area contributed by atoms with Crippen LogP contribution in [0, 0.1) is 10.1 Å². The fourth-order valence-electron chi connectivity index (χ4n) is 2.00. The monoisotopic (exact) mass is 329 g/mol. The van der Waals surface area contributed by atoms with Crippen molar-refractivity contribution in [3.63, 3.8) is 0 Å². The number of nitrogens with zero attached hydrogens (tertiary/aromatic N) is 1. The highest BCUT2D eigenvalue weighted by atomic mass is 16.7. The van der Waals surface area contributed by atoms with E-state index in [-0.39, 0.29) is 23.5 Å². The molecule has 0 unspecified atom stereocenters. The van der Waals surface area contributed by atoms with Crippen molar-refractivity contribution >= 4 is 11.8 Å². The van der Waals surface area contributed by atoms with E-state index in [1.807, 2.05) is 24.3 Å². The first-order valence-electron chi connectivity index (χ1n) is 7.44. The van der Waals surface area contributed by atoms with Crippen LogP contribution in [0.3, 0.4) is 0 Å². The summed E-state index contributed by atoms with van der Waals surface area (Å²) in [6.45, 7) is 6.47. The van der Waals surface area contributed by atoms with E-state index in [0.717, 1.165) is 5.56 Å². The number of rotatable bonds is 4. The normalized spacial score (nSPS) is 11.0. The molecule has 0 radical (unpaired) electrons. The van der Waals surface area contributed by atoms with E-state index in [0.29, 0.717) is 0 Å². The SMILES string of the molecule is CC(C)(C)c1ccc(COC(=O)Oc2ccc([N+](=O)[O-])cc2)cc1. The molecule has 24 heavy (non-hydrogen) atoms. The summed E-state index contributed by atoms with van der Waals surface area (Å²) in [4.78, 5) is 21.7. The number of hydrogen-bond donors (Lipinski definition) is 0. The highest BCUT2D eigenvalue weighted by Gasteiger charge is 2.13. The van der Waals surface area contributed by atoms with Crippen LogP contribution in [0.15, 0.2) is 48.5 Å². The lowest BCUT2D eigenvalue weighted by molar-refractivity contribution is -0.384. The molecule has 2 rings (SSSR count). The molecule has 0 bridgehead atoms. The van der Waals surface area contributed by atoms with Crippen LogP contribution >= 0.6 is 0 Å². The standard InChI is InChI=1S/C18H19NO5/c1-18(2,3)14-6-4-13(5-7-14)12-23-17(20)24-16-10-8-15(9-11-16)19(21)22/h4-11H,12H2,1-3H3. The van der Waals surface area contributed by atoms with Gasteiger partial charge in [-0.1, -0.05) is 45.0 Å². The molecule has 0 aliphatic heterocycles. The van der Waals surface area contributed by atoms with Crippen LogP contribution in [0.5, 0.6) is 5.75 Å². The van der Waals surface area contributed by atoms with E-state index < -0.39 is 11.1 Å². The van der Waals surface area contributed by atoms with Crippen LogP contribution in [0.2, 0.25) is 0 Å². The quantitative estimate of drug-likeness (QED) is 0.354. The minimum Gasteiger partial charge on any atom is -0.429 e. The Labute approximate surface area is 140 Å². The van der Waals surface area contributed by atoms with Gasteiger partial charge in [0.05, 0.1) is 4.92 Å². The molecular formula is C18H19NO5. The first-order valence-corrected chi connectivity index (χ1v) is 7.44. The van der Waals surface area contributed by atoms with E-state index in [1.165, 1.54) is 29.8 Å². The second-order valence-electron chi connectivity index (χ2n) is 6.34. The molecule has 0 N–H and O–H groups in total. The Bertz CT molecular complexity index is 715. The van der Waals surface area contributed by atoms with E-state index in [4.69, 9.17) is 9.47 Å². The van der Waals surface area contributed by atoms with Crippen molar-refractivity contribution in [1.82, 2.24) is 0 Å². The molecule has 0 aliphatic carbocycles. The number of non-ortho nitro benzene ring substituents is 1. The lowest BCUT2D eigenvalue weighted by atomic mass is 9.87. The van der Waals surface area contributed by atoms with Crippen LogP contribution in [-0.4, -0.2) is 11.1 Å². The number of hydrogen-bond acceptors (Lipinski definition) is 5. The molecule has 0 spiro atoms. The number of benzene rings is 2. The number of nitro benzene ring substituents is 1. The maximum absolute atomic E-state index is 11.7. The number of nitro groups is 1. The highest BCUT2D eigenvalue weighted by molar-refractivity contribution is 5.64. The average molecular weight is 329 g/mol. The molecule has 0 fully saturated rings. The average Bonchev–Trinajstić information content (AvgIpc) is 2.53. The topological polar surface area (TPSA) is 78.7 Å². The minimum absolute atomic E-state index is 0.0637. The first kappa shape index (κ1) is 17.5. The summed E-state index contributed by atoms with van der Waals surface area (Å²) in [6, 6.07) is 13.0. The fourth-order valence-corrected chi connectivity index (χ4v) is 2.00. The molecule has 0 atom stereocenters. The maximum Gasteiger partial charge on any atom is 0.514 e. The first-order chi connectivity index (χ1) is 11.3. The van der Waals surface area contributed by atoms with Gasteiger partial charge in [-0.15, -0.1) is 0 Å². The zero-order valence-corrected chi connectivity index (χ0v) is 13.8. The molecular weight excluding hydrogens is 310 g/mol. The molecule has 0 saturated heterocycles. The van der Waals surface area contributed by atoms with Crippen LogP contribution in [0.4, 0.5) is 10.5 Å². The minimum atomic E-state index is -0.858. The van der Waals surface area contributed by atoms with Crippen molar-refractivity contribution < 1.29 is 19.2 Å². The van der Waals surface area contributed by atoms with Crippen molar-refractivity contribution in [3.05, 3.63) is 69.8 Å². The molecule has 0 heterocycles. The van der Waals surface area contributed by atoms with Crippen molar-refractivity contribution in [2.75, 3.05) is 0 Å². The van der Waals surface area contributed by atoms with Gasteiger partial charge in [0.25, 0.3) is 5.69 Å². The van der Waals surface area contributed by atoms with Gasteiger partial charge in [-0.05, 0) is 28.7 Å². The molecule has 126 valence electrons. The van der Waals surface area contributed by atoms with Crippen LogP contribution in [0.25, 0.3) is 0 Å². The van der Waals surface area contributed by atoms with Gasteiger partial charge in [-0.2, -0.15) is 0 Å². The van der Waals surface area contributed by atoms with Gasteiger partial charge in [0, 0.05) is 12.1 Å². The zero-order valence-electron chi connectivity index (χ0n) is 13.8. The van der Waals surface area contributed by atoms with E-state index >= 15 is 0 Å². The molecule has 2 aromatic rings. The van der Waals surface area contributed by atoms with Crippen molar-refractivity contribution in [1.29, 1.82) is 0 Å². The van der Waals surface area contributed by atoms with Gasteiger partial charge in [-0.3, -0.25) is 10.1 Å². The van der Waals surface area contributed by atoms with Gasteiger partial charge in [0.2, 0.25) is 0 Å². The van der Waals surface area contributed by atoms with E-state index in [9.17, 15) is 14.9 Å².